The Morgan fingerprint density at radius 1 is 0.931 bits per heavy atom. The summed E-state index contributed by atoms with van der Waals surface area (Å²) in [4.78, 5) is 2.57. The average Bonchev–Trinajstić information content (AvgIpc) is 3.08. The Morgan fingerprint density at radius 2 is 1.72 bits per heavy atom. The first kappa shape index (κ1) is 19.6. The van der Waals surface area contributed by atoms with Gasteiger partial charge in [0.25, 0.3) is 0 Å². The fourth-order valence-corrected chi connectivity index (χ4v) is 4.69. The zero-order chi connectivity index (χ0) is 20.4. The summed E-state index contributed by atoms with van der Waals surface area (Å²) in [6, 6.07) is 17.5. The van der Waals surface area contributed by atoms with Crippen LogP contribution in [0.1, 0.15) is 40.4 Å². The average molecular weight is 391 g/mol. The van der Waals surface area contributed by atoms with Crippen LogP contribution in [0, 0.1) is 13.8 Å². The number of hydrogen-bond donors (Lipinski definition) is 0. The number of ether oxygens (including phenoxy) is 2. The number of rotatable bonds is 5. The highest BCUT2D eigenvalue weighted by atomic mass is 16.5. The van der Waals surface area contributed by atoms with E-state index in [0.717, 1.165) is 43.1 Å². The third kappa shape index (κ3) is 3.90. The van der Waals surface area contributed by atoms with Crippen molar-refractivity contribution in [2.24, 2.45) is 0 Å². The van der Waals surface area contributed by atoms with Crippen molar-refractivity contribution in [3.63, 3.8) is 0 Å². The fourth-order valence-electron chi connectivity index (χ4n) is 4.69. The molecule has 0 radical (unpaired) electrons. The van der Waals surface area contributed by atoms with E-state index in [0.29, 0.717) is 0 Å². The summed E-state index contributed by atoms with van der Waals surface area (Å²) in [7, 11) is 3.43. The highest BCUT2D eigenvalue weighted by Crippen LogP contribution is 2.41. The Hall–Kier alpha value is -2.72. The van der Waals surface area contributed by atoms with Gasteiger partial charge in [0.15, 0.2) is 11.5 Å². The lowest BCUT2D eigenvalue weighted by Gasteiger charge is -2.32. The molecule has 0 spiro atoms. The number of aromatic nitrogens is 1. The van der Waals surface area contributed by atoms with Crippen LogP contribution in [0.3, 0.4) is 0 Å². The molecule has 1 aliphatic rings. The van der Waals surface area contributed by atoms with E-state index in [1.54, 1.807) is 14.2 Å². The summed E-state index contributed by atoms with van der Waals surface area (Å²) in [6.07, 6.45) is 3.31. The van der Waals surface area contributed by atoms with Crippen molar-refractivity contribution in [1.82, 2.24) is 9.47 Å². The van der Waals surface area contributed by atoms with Crippen molar-refractivity contribution in [3.8, 4) is 11.5 Å². The van der Waals surface area contributed by atoms with Gasteiger partial charge in [0.2, 0.25) is 0 Å². The van der Waals surface area contributed by atoms with E-state index < -0.39 is 0 Å². The molecular weight excluding hydrogens is 360 g/mol. The lowest BCUT2D eigenvalue weighted by Crippen LogP contribution is -2.30. The smallest absolute Gasteiger partial charge is 0.165 e. The molecular formula is C25H30N2O2. The molecule has 4 nitrogen and oxygen atoms in total. The third-order valence-electron chi connectivity index (χ3n) is 5.75. The van der Waals surface area contributed by atoms with Crippen LogP contribution >= 0.6 is 0 Å². The molecule has 0 fully saturated rings. The number of methoxy groups -OCH3 is 2. The van der Waals surface area contributed by atoms with Gasteiger partial charge in [-0.3, -0.25) is 4.90 Å². The monoisotopic (exact) mass is 390 g/mol. The molecule has 4 heteroatoms. The van der Waals surface area contributed by atoms with Gasteiger partial charge in [0, 0.05) is 37.1 Å². The SMILES string of the molecule is COc1cccc(C2c3cccn3CCCN2Cc2cc(C)cc(C)c2)c1OC. The molecule has 2 aromatic carbocycles. The van der Waals surface area contributed by atoms with Gasteiger partial charge in [-0.2, -0.15) is 0 Å². The van der Waals surface area contributed by atoms with Crippen LogP contribution in [0.2, 0.25) is 0 Å². The second-order valence-electron chi connectivity index (χ2n) is 7.93. The fraction of sp³-hybridized carbons (Fsp3) is 0.360. The molecule has 0 aliphatic carbocycles. The summed E-state index contributed by atoms with van der Waals surface area (Å²) in [5.74, 6) is 1.60. The highest BCUT2D eigenvalue weighted by molar-refractivity contribution is 5.50. The number of benzene rings is 2. The van der Waals surface area contributed by atoms with Crippen molar-refractivity contribution in [1.29, 1.82) is 0 Å². The molecule has 0 bridgehead atoms. The van der Waals surface area contributed by atoms with Crippen LogP contribution in [0.25, 0.3) is 0 Å². The Morgan fingerprint density at radius 3 is 2.45 bits per heavy atom. The van der Waals surface area contributed by atoms with Crippen LogP contribution in [0.5, 0.6) is 11.5 Å². The van der Waals surface area contributed by atoms with Crippen molar-refractivity contribution in [3.05, 3.63) is 82.7 Å². The quantitative estimate of drug-likeness (QED) is 0.605. The molecule has 152 valence electrons. The van der Waals surface area contributed by atoms with Crippen LogP contribution in [0.4, 0.5) is 0 Å². The van der Waals surface area contributed by atoms with Gasteiger partial charge >= 0.3 is 0 Å². The maximum atomic E-state index is 5.83. The highest BCUT2D eigenvalue weighted by Gasteiger charge is 2.30. The van der Waals surface area contributed by atoms with E-state index in [2.05, 4.69) is 72.0 Å². The van der Waals surface area contributed by atoms with E-state index in [-0.39, 0.29) is 6.04 Å². The van der Waals surface area contributed by atoms with Gasteiger partial charge in [0.05, 0.1) is 20.3 Å². The molecule has 1 aliphatic heterocycles. The van der Waals surface area contributed by atoms with Gasteiger partial charge in [-0.25, -0.2) is 0 Å². The first-order valence-corrected chi connectivity index (χ1v) is 10.3. The van der Waals surface area contributed by atoms with Crippen molar-refractivity contribution < 1.29 is 9.47 Å². The van der Waals surface area contributed by atoms with Gasteiger partial charge in [-0.05, 0) is 44.0 Å². The van der Waals surface area contributed by atoms with Crippen molar-refractivity contribution >= 4 is 0 Å². The predicted octanol–water partition coefficient (Wildman–Crippen LogP) is 5.12. The summed E-state index contributed by atoms with van der Waals surface area (Å²) in [5.41, 5.74) is 6.44. The maximum absolute atomic E-state index is 5.83. The minimum absolute atomic E-state index is 0.110. The number of nitrogens with zero attached hydrogens (tertiary/aromatic N) is 2. The van der Waals surface area contributed by atoms with Crippen LogP contribution in [-0.4, -0.2) is 30.2 Å². The molecule has 0 saturated heterocycles. The maximum Gasteiger partial charge on any atom is 0.165 e. The largest absolute Gasteiger partial charge is 0.493 e. The summed E-state index contributed by atoms with van der Waals surface area (Å²) in [6.45, 7) is 7.31. The Balaban J connectivity index is 1.82. The summed E-state index contributed by atoms with van der Waals surface area (Å²) >= 11 is 0. The van der Waals surface area contributed by atoms with Crippen molar-refractivity contribution in [2.45, 2.75) is 39.4 Å². The standard InChI is InChI=1S/C25H30N2O2/c1-18-14-19(2)16-20(15-18)17-27-13-7-12-26-11-6-9-22(26)24(27)21-8-5-10-23(28-3)25(21)29-4/h5-6,8-11,14-16,24H,7,12-13,17H2,1-4H3. The third-order valence-corrected chi connectivity index (χ3v) is 5.75. The van der Waals surface area contributed by atoms with E-state index >= 15 is 0 Å². The molecule has 4 rings (SSSR count). The molecule has 0 amide bonds. The Bertz CT molecular complexity index is 972. The number of hydrogen-bond acceptors (Lipinski definition) is 3. The minimum atomic E-state index is 0.110. The van der Waals surface area contributed by atoms with E-state index in [1.807, 2.05) is 6.07 Å². The number of aryl methyl sites for hydroxylation is 3. The van der Waals surface area contributed by atoms with Gasteiger partial charge in [-0.15, -0.1) is 0 Å². The van der Waals surface area contributed by atoms with Gasteiger partial charge in [-0.1, -0.05) is 41.5 Å². The molecule has 1 aromatic heterocycles. The van der Waals surface area contributed by atoms with E-state index in [9.17, 15) is 0 Å². The zero-order valence-corrected chi connectivity index (χ0v) is 17.8. The molecule has 29 heavy (non-hydrogen) atoms. The first-order valence-electron chi connectivity index (χ1n) is 10.3. The molecule has 3 aromatic rings. The van der Waals surface area contributed by atoms with E-state index in [1.165, 1.54) is 22.4 Å². The van der Waals surface area contributed by atoms with Crippen LogP contribution in [-0.2, 0) is 13.1 Å². The molecule has 0 N–H and O–H groups in total. The Kier molecular flexibility index (Phi) is 5.63. The molecule has 2 heterocycles. The lowest BCUT2D eigenvalue weighted by molar-refractivity contribution is 0.215. The number of para-hydroxylation sites is 1. The molecule has 0 saturated carbocycles. The first-order chi connectivity index (χ1) is 14.1. The zero-order valence-electron chi connectivity index (χ0n) is 17.8. The molecule has 1 unspecified atom stereocenters. The normalized spacial score (nSPS) is 16.9. The van der Waals surface area contributed by atoms with E-state index in [4.69, 9.17) is 9.47 Å². The second-order valence-corrected chi connectivity index (χ2v) is 7.93. The summed E-state index contributed by atoms with van der Waals surface area (Å²) in [5, 5.41) is 0. The van der Waals surface area contributed by atoms with Gasteiger partial charge in [0.1, 0.15) is 0 Å². The number of fused-ring (bicyclic) bond motifs is 1. The summed E-state index contributed by atoms with van der Waals surface area (Å²) < 4.78 is 13.8. The molecule has 1 atom stereocenters. The second kappa shape index (κ2) is 8.34. The minimum Gasteiger partial charge on any atom is -0.493 e. The lowest BCUT2D eigenvalue weighted by atomic mass is 9.98. The van der Waals surface area contributed by atoms with Crippen LogP contribution in [0.15, 0.2) is 54.7 Å². The van der Waals surface area contributed by atoms with Gasteiger partial charge < -0.3 is 14.0 Å². The topological polar surface area (TPSA) is 26.6 Å². The van der Waals surface area contributed by atoms with Crippen molar-refractivity contribution in [2.75, 3.05) is 20.8 Å². The Labute approximate surface area is 173 Å². The van der Waals surface area contributed by atoms with Crippen LogP contribution < -0.4 is 9.47 Å². The predicted molar refractivity (Wildman–Crippen MR) is 117 cm³/mol.